The molecule has 0 unspecified atom stereocenters. The fraction of sp³-hybridized carbons (Fsp3) is 0.368. The lowest BCUT2D eigenvalue weighted by Crippen LogP contribution is -2.10. The van der Waals surface area contributed by atoms with Crippen LogP contribution in [0.15, 0.2) is 38.9 Å². The number of aryl methyl sites for hydroxylation is 2. The summed E-state index contributed by atoms with van der Waals surface area (Å²) in [5.41, 5.74) is 2.09. The molecule has 0 aliphatic rings. The molecule has 0 radical (unpaired) electrons. The highest BCUT2D eigenvalue weighted by molar-refractivity contribution is 9.10. The molecule has 0 fully saturated rings. The maximum atomic E-state index is 11.9. The molecule has 3 rings (SSSR count). The van der Waals surface area contributed by atoms with Gasteiger partial charge in [0.1, 0.15) is 16.3 Å². The summed E-state index contributed by atoms with van der Waals surface area (Å²) in [6.07, 6.45) is 6.36. The van der Waals surface area contributed by atoms with E-state index in [9.17, 15) is 4.79 Å². The number of methoxy groups -OCH3 is 1. The van der Waals surface area contributed by atoms with Crippen molar-refractivity contribution in [3.8, 4) is 5.75 Å². The van der Waals surface area contributed by atoms with Crippen molar-refractivity contribution in [2.45, 2.75) is 38.5 Å². The van der Waals surface area contributed by atoms with Crippen molar-refractivity contribution >= 4 is 37.5 Å². The molecule has 0 amide bonds. The Balaban J connectivity index is 1.42. The summed E-state index contributed by atoms with van der Waals surface area (Å²) in [4.78, 5) is 19.4. The first kappa shape index (κ1) is 18.1. The van der Waals surface area contributed by atoms with Crippen molar-refractivity contribution < 1.29 is 4.74 Å². The molecule has 3 aromatic rings. The van der Waals surface area contributed by atoms with Gasteiger partial charge >= 0.3 is 0 Å². The number of rotatable bonds is 8. The number of benzene rings is 1. The monoisotopic (exact) mass is 420 g/mol. The van der Waals surface area contributed by atoms with Gasteiger partial charge in [0.05, 0.1) is 12.6 Å². The van der Waals surface area contributed by atoms with Crippen LogP contribution in [0, 0.1) is 0 Å². The Kier molecular flexibility index (Phi) is 6.26. The van der Waals surface area contributed by atoms with Gasteiger partial charge in [0.25, 0.3) is 5.56 Å². The predicted octanol–water partition coefficient (Wildman–Crippen LogP) is 5.10. The highest BCUT2D eigenvalue weighted by Gasteiger charge is 2.05. The summed E-state index contributed by atoms with van der Waals surface area (Å²) in [6, 6.07) is 8.12. The largest absolute Gasteiger partial charge is 0.497 e. The highest BCUT2D eigenvalue weighted by Crippen LogP contribution is 2.22. The molecule has 2 aromatic heterocycles. The number of hydrogen-bond donors (Lipinski definition) is 1. The minimum Gasteiger partial charge on any atom is -0.497 e. The zero-order chi connectivity index (χ0) is 17.6. The van der Waals surface area contributed by atoms with Crippen LogP contribution in [-0.4, -0.2) is 17.1 Å². The number of nitrogens with one attached hydrogen (secondary N) is 1. The summed E-state index contributed by atoms with van der Waals surface area (Å²) in [6.45, 7) is 0. The van der Waals surface area contributed by atoms with Gasteiger partial charge in [0.2, 0.25) is 0 Å². The third kappa shape index (κ3) is 4.92. The minimum atomic E-state index is -0.0152. The van der Waals surface area contributed by atoms with Gasteiger partial charge in [-0.3, -0.25) is 4.79 Å². The molecule has 1 aromatic carbocycles. The normalized spacial score (nSPS) is 11.1. The SMILES string of the molecule is COc1cc(Br)cc(CCCCCCc2nc3ccsc3c(=O)[nH]2)c1. The molecule has 132 valence electrons. The molecule has 6 heteroatoms. The molecule has 25 heavy (non-hydrogen) atoms. The van der Waals surface area contributed by atoms with E-state index < -0.39 is 0 Å². The van der Waals surface area contributed by atoms with E-state index in [1.807, 2.05) is 17.5 Å². The van der Waals surface area contributed by atoms with Crippen LogP contribution < -0.4 is 10.3 Å². The van der Waals surface area contributed by atoms with Gasteiger partial charge in [0.15, 0.2) is 0 Å². The smallest absolute Gasteiger partial charge is 0.268 e. The van der Waals surface area contributed by atoms with Gasteiger partial charge in [-0.25, -0.2) is 4.98 Å². The average Bonchev–Trinajstić information content (AvgIpc) is 3.06. The number of H-pyrrole nitrogens is 1. The van der Waals surface area contributed by atoms with Crippen LogP contribution >= 0.6 is 27.3 Å². The van der Waals surface area contributed by atoms with E-state index in [2.05, 4.69) is 38.0 Å². The zero-order valence-electron chi connectivity index (χ0n) is 14.2. The average molecular weight is 421 g/mol. The van der Waals surface area contributed by atoms with E-state index in [0.717, 1.165) is 53.7 Å². The molecule has 0 saturated carbocycles. The molecule has 1 N–H and O–H groups in total. The number of nitrogens with zero attached hydrogens (tertiary/aromatic N) is 1. The number of unbranched alkanes of at least 4 members (excludes halogenated alkanes) is 3. The lowest BCUT2D eigenvalue weighted by molar-refractivity contribution is 0.414. The number of hydrogen-bond acceptors (Lipinski definition) is 4. The standard InChI is InChI=1S/C19H21BrN2O2S/c1-24-15-11-13(10-14(20)12-15)6-4-2-3-5-7-17-21-16-8-9-25-18(16)19(23)22-17/h8-12H,2-7H2,1H3,(H,21,22,23). The Morgan fingerprint density at radius 1 is 1.16 bits per heavy atom. The Labute approximate surface area is 159 Å². The highest BCUT2D eigenvalue weighted by atomic mass is 79.9. The van der Waals surface area contributed by atoms with Crippen LogP contribution in [0.3, 0.4) is 0 Å². The number of ether oxygens (including phenoxy) is 1. The van der Waals surface area contributed by atoms with Crippen LogP contribution in [0.1, 0.15) is 37.1 Å². The summed E-state index contributed by atoms with van der Waals surface area (Å²) in [7, 11) is 1.69. The molecule has 0 bridgehead atoms. The van der Waals surface area contributed by atoms with Gasteiger partial charge in [-0.2, -0.15) is 0 Å². The van der Waals surface area contributed by atoms with E-state index in [1.54, 1.807) is 7.11 Å². The molecular weight excluding hydrogens is 400 g/mol. The van der Waals surface area contributed by atoms with E-state index in [1.165, 1.54) is 23.3 Å². The molecule has 0 aliphatic heterocycles. The van der Waals surface area contributed by atoms with Gasteiger partial charge in [-0.15, -0.1) is 11.3 Å². The topological polar surface area (TPSA) is 55.0 Å². The van der Waals surface area contributed by atoms with Crippen LogP contribution in [0.25, 0.3) is 10.2 Å². The molecule has 2 heterocycles. The summed E-state index contributed by atoms with van der Waals surface area (Å²) in [5, 5.41) is 1.91. The maximum absolute atomic E-state index is 11.9. The van der Waals surface area contributed by atoms with Crippen molar-refractivity contribution in [1.29, 1.82) is 0 Å². The van der Waals surface area contributed by atoms with Crippen molar-refractivity contribution in [2.75, 3.05) is 7.11 Å². The second kappa shape index (κ2) is 8.63. The summed E-state index contributed by atoms with van der Waals surface area (Å²) >= 11 is 4.96. The number of fused-ring (bicyclic) bond motifs is 1. The molecule has 0 saturated heterocycles. The number of aromatic nitrogens is 2. The van der Waals surface area contributed by atoms with Gasteiger partial charge in [-0.1, -0.05) is 28.8 Å². The number of thiophene rings is 1. The lowest BCUT2D eigenvalue weighted by atomic mass is 10.1. The second-order valence-electron chi connectivity index (χ2n) is 6.06. The number of halogens is 1. The van der Waals surface area contributed by atoms with Gasteiger partial charge in [0, 0.05) is 10.9 Å². The van der Waals surface area contributed by atoms with Crippen LogP contribution in [-0.2, 0) is 12.8 Å². The molecule has 0 aliphatic carbocycles. The number of aromatic amines is 1. The van der Waals surface area contributed by atoms with Crippen LogP contribution in [0.4, 0.5) is 0 Å². The first-order valence-corrected chi connectivity index (χ1v) is 10.1. The Bertz CT molecular complexity index is 904. The maximum Gasteiger partial charge on any atom is 0.268 e. The molecular formula is C19H21BrN2O2S. The van der Waals surface area contributed by atoms with Crippen molar-refractivity contribution in [3.63, 3.8) is 0 Å². The van der Waals surface area contributed by atoms with Crippen LogP contribution in [0.5, 0.6) is 5.75 Å². The van der Waals surface area contributed by atoms with Gasteiger partial charge in [-0.05, 0) is 54.5 Å². The van der Waals surface area contributed by atoms with E-state index in [4.69, 9.17) is 4.74 Å². The summed E-state index contributed by atoms with van der Waals surface area (Å²) in [5.74, 6) is 1.69. The minimum absolute atomic E-state index is 0.0152. The Morgan fingerprint density at radius 2 is 1.96 bits per heavy atom. The molecule has 0 atom stereocenters. The fourth-order valence-corrected chi connectivity index (χ4v) is 4.14. The zero-order valence-corrected chi connectivity index (χ0v) is 16.6. The van der Waals surface area contributed by atoms with E-state index in [0.29, 0.717) is 4.70 Å². The first-order chi connectivity index (χ1) is 12.2. The fourth-order valence-electron chi connectivity index (χ4n) is 2.90. The second-order valence-corrected chi connectivity index (χ2v) is 7.89. The Hall–Kier alpha value is -1.66. The van der Waals surface area contributed by atoms with Gasteiger partial charge < -0.3 is 9.72 Å². The van der Waals surface area contributed by atoms with Crippen molar-refractivity contribution in [3.05, 3.63) is 55.9 Å². The third-order valence-corrected chi connectivity index (χ3v) is 5.52. The predicted molar refractivity (Wildman–Crippen MR) is 107 cm³/mol. The van der Waals surface area contributed by atoms with E-state index >= 15 is 0 Å². The summed E-state index contributed by atoms with van der Waals surface area (Å²) < 4.78 is 7.07. The lowest BCUT2D eigenvalue weighted by Gasteiger charge is -2.06. The van der Waals surface area contributed by atoms with Crippen LogP contribution in [0.2, 0.25) is 0 Å². The molecule has 0 spiro atoms. The quantitative estimate of drug-likeness (QED) is 0.515. The Morgan fingerprint density at radius 3 is 2.76 bits per heavy atom. The first-order valence-electron chi connectivity index (χ1n) is 8.45. The van der Waals surface area contributed by atoms with Crippen molar-refractivity contribution in [1.82, 2.24) is 9.97 Å². The third-order valence-electron chi connectivity index (χ3n) is 4.16. The van der Waals surface area contributed by atoms with E-state index in [-0.39, 0.29) is 5.56 Å². The molecule has 4 nitrogen and oxygen atoms in total. The van der Waals surface area contributed by atoms with Crippen molar-refractivity contribution in [2.24, 2.45) is 0 Å².